The first kappa shape index (κ1) is 17.8. The average molecular weight is 323 g/mol. The Bertz CT molecular complexity index is 697. The molecule has 0 spiro atoms. The normalized spacial score (nSPS) is 14.8. The van der Waals surface area contributed by atoms with E-state index in [2.05, 4.69) is 10.0 Å². The van der Waals surface area contributed by atoms with Crippen LogP contribution in [0.5, 0.6) is 0 Å². The summed E-state index contributed by atoms with van der Waals surface area (Å²) in [5.74, 6) is 0. The molecule has 5 heteroatoms. The van der Waals surface area contributed by atoms with Crippen molar-refractivity contribution in [2.45, 2.75) is 25.2 Å². The zero-order valence-electron chi connectivity index (χ0n) is 13.6. The van der Waals surface area contributed by atoms with Gasteiger partial charge in [-0.05, 0) is 23.6 Å². The molecule has 24 heavy (non-hydrogen) atoms. The average Bonchev–Trinajstić information content (AvgIpc) is 2.62. The van der Waals surface area contributed by atoms with E-state index in [4.69, 9.17) is 10.3 Å². The Labute approximate surface area is 141 Å². The molecule has 2 aromatic rings. The van der Waals surface area contributed by atoms with Crippen molar-refractivity contribution in [2.75, 3.05) is 6.61 Å². The van der Waals surface area contributed by atoms with Gasteiger partial charge in [-0.15, -0.1) is 0 Å². The van der Waals surface area contributed by atoms with Gasteiger partial charge in [-0.2, -0.15) is 0 Å². The van der Waals surface area contributed by atoms with E-state index in [0.717, 1.165) is 11.1 Å². The molecule has 0 aliphatic rings. The standard InChI is InChI=1S/C19H21N3O2/c1-19(21-22-20,13-12-16-8-4-2-5-9-16)18(23)15-24-14-17-10-6-3-7-11-17/h2-13,18,23H,14-15H2,1H3/b13-12+. The van der Waals surface area contributed by atoms with Gasteiger partial charge >= 0.3 is 0 Å². The minimum Gasteiger partial charge on any atom is -0.390 e. The number of nitrogens with zero attached hydrogens (tertiary/aromatic N) is 3. The summed E-state index contributed by atoms with van der Waals surface area (Å²) in [7, 11) is 0. The van der Waals surface area contributed by atoms with Crippen LogP contribution in [0, 0.1) is 0 Å². The fourth-order valence-electron chi connectivity index (χ4n) is 2.17. The Morgan fingerprint density at radius 3 is 2.42 bits per heavy atom. The van der Waals surface area contributed by atoms with Crippen LogP contribution in [0.3, 0.4) is 0 Å². The summed E-state index contributed by atoms with van der Waals surface area (Å²) in [6, 6.07) is 19.3. The van der Waals surface area contributed by atoms with E-state index in [1.54, 1.807) is 13.0 Å². The molecule has 0 amide bonds. The zero-order valence-corrected chi connectivity index (χ0v) is 13.6. The third-order valence-electron chi connectivity index (χ3n) is 3.73. The van der Waals surface area contributed by atoms with Crippen LogP contribution in [0.2, 0.25) is 0 Å². The number of aliphatic hydroxyl groups is 1. The van der Waals surface area contributed by atoms with Crippen molar-refractivity contribution in [2.24, 2.45) is 5.11 Å². The largest absolute Gasteiger partial charge is 0.390 e. The van der Waals surface area contributed by atoms with Gasteiger partial charge in [0.15, 0.2) is 0 Å². The van der Waals surface area contributed by atoms with Crippen molar-refractivity contribution in [3.05, 3.63) is 88.3 Å². The number of hydrogen-bond acceptors (Lipinski definition) is 3. The van der Waals surface area contributed by atoms with E-state index in [1.807, 2.05) is 66.7 Å². The van der Waals surface area contributed by atoms with Crippen molar-refractivity contribution in [1.82, 2.24) is 0 Å². The summed E-state index contributed by atoms with van der Waals surface area (Å²) >= 11 is 0. The SMILES string of the molecule is CC(/C=C/c1ccccc1)(N=[N+]=[N-])C(O)COCc1ccccc1. The fraction of sp³-hybridized carbons (Fsp3) is 0.263. The number of ether oxygens (including phenoxy) is 1. The van der Waals surface area contributed by atoms with Gasteiger partial charge in [-0.25, -0.2) is 0 Å². The molecule has 0 aliphatic carbocycles. The van der Waals surface area contributed by atoms with Gasteiger partial charge in [-0.1, -0.05) is 77.9 Å². The summed E-state index contributed by atoms with van der Waals surface area (Å²) < 4.78 is 5.56. The maximum atomic E-state index is 10.4. The minimum absolute atomic E-state index is 0.0730. The molecule has 0 heterocycles. The lowest BCUT2D eigenvalue weighted by Gasteiger charge is -2.26. The molecule has 0 aliphatic heterocycles. The van der Waals surface area contributed by atoms with Crippen LogP contribution < -0.4 is 0 Å². The van der Waals surface area contributed by atoms with Gasteiger partial charge in [0.2, 0.25) is 0 Å². The summed E-state index contributed by atoms with van der Waals surface area (Å²) in [6.07, 6.45) is 2.59. The van der Waals surface area contributed by atoms with E-state index in [1.165, 1.54) is 0 Å². The first-order valence-corrected chi connectivity index (χ1v) is 7.74. The number of hydrogen-bond donors (Lipinski definition) is 1. The van der Waals surface area contributed by atoms with Crippen LogP contribution in [0.1, 0.15) is 18.1 Å². The quantitative estimate of drug-likeness (QED) is 0.445. The van der Waals surface area contributed by atoms with Crippen LogP contribution in [0.25, 0.3) is 16.5 Å². The highest BCUT2D eigenvalue weighted by Crippen LogP contribution is 2.21. The fourth-order valence-corrected chi connectivity index (χ4v) is 2.17. The molecule has 0 aromatic heterocycles. The highest BCUT2D eigenvalue weighted by molar-refractivity contribution is 5.50. The van der Waals surface area contributed by atoms with Gasteiger partial charge in [-0.3, -0.25) is 0 Å². The topological polar surface area (TPSA) is 78.2 Å². The molecule has 124 valence electrons. The van der Waals surface area contributed by atoms with E-state index >= 15 is 0 Å². The predicted molar refractivity (Wildman–Crippen MR) is 95.1 cm³/mol. The third-order valence-corrected chi connectivity index (χ3v) is 3.73. The first-order chi connectivity index (χ1) is 11.6. The lowest BCUT2D eigenvalue weighted by molar-refractivity contribution is 0.00378. The maximum absolute atomic E-state index is 10.4. The van der Waals surface area contributed by atoms with E-state index in [9.17, 15) is 5.11 Å². The van der Waals surface area contributed by atoms with Crippen LogP contribution in [0.15, 0.2) is 71.9 Å². The third kappa shape index (κ3) is 5.25. The highest BCUT2D eigenvalue weighted by atomic mass is 16.5. The number of azide groups is 1. The van der Waals surface area contributed by atoms with E-state index in [0.29, 0.717) is 6.61 Å². The van der Waals surface area contributed by atoms with E-state index in [-0.39, 0.29) is 6.61 Å². The smallest absolute Gasteiger partial charge is 0.0924 e. The monoisotopic (exact) mass is 323 g/mol. The summed E-state index contributed by atoms with van der Waals surface area (Å²) in [4.78, 5) is 2.87. The van der Waals surface area contributed by atoms with Gasteiger partial charge in [0.05, 0.1) is 24.9 Å². The van der Waals surface area contributed by atoms with Crippen molar-refractivity contribution in [3.8, 4) is 0 Å². The molecular weight excluding hydrogens is 302 g/mol. The molecule has 5 nitrogen and oxygen atoms in total. The Morgan fingerprint density at radius 2 is 1.79 bits per heavy atom. The Balaban J connectivity index is 1.99. The zero-order chi connectivity index (χ0) is 17.3. The molecule has 1 N–H and O–H groups in total. The van der Waals surface area contributed by atoms with Crippen LogP contribution in [-0.2, 0) is 11.3 Å². The number of aliphatic hydroxyl groups excluding tert-OH is 1. The predicted octanol–water partition coefficient (Wildman–Crippen LogP) is 4.35. The van der Waals surface area contributed by atoms with Gasteiger partial charge < -0.3 is 9.84 Å². The van der Waals surface area contributed by atoms with Crippen molar-refractivity contribution in [3.63, 3.8) is 0 Å². The molecule has 2 rings (SSSR count). The molecule has 0 saturated heterocycles. The molecule has 2 unspecified atom stereocenters. The molecule has 2 atom stereocenters. The Kier molecular flexibility index (Phi) is 6.58. The van der Waals surface area contributed by atoms with Gasteiger partial charge in [0.1, 0.15) is 0 Å². The molecule has 0 radical (unpaired) electrons. The van der Waals surface area contributed by atoms with Gasteiger partial charge in [0.25, 0.3) is 0 Å². The molecule has 2 aromatic carbocycles. The maximum Gasteiger partial charge on any atom is 0.0924 e. The lowest BCUT2D eigenvalue weighted by atomic mass is 9.95. The summed E-state index contributed by atoms with van der Waals surface area (Å²) in [5, 5.41) is 14.2. The van der Waals surface area contributed by atoms with E-state index < -0.39 is 11.6 Å². The highest BCUT2D eigenvalue weighted by Gasteiger charge is 2.29. The van der Waals surface area contributed by atoms with Crippen molar-refractivity contribution < 1.29 is 9.84 Å². The van der Waals surface area contributed by atoms with Crippen molar-refractivity contribution in [1.29, 1.82) is 0 Å². The molecule has 0 fully saturated rings. The second-order valence-corrected chi connectivity index (χ2v) is 5.68. The van der Waals surface area contributed by atoms with Crippen LogP contribution in [0.4, 0.5) is 0 Å². The Morgan fingerprint density at radius 1 is 1.17 bits per heavy atom. The second-order valence-electron chi connectivity index (χ2n) is 5.68. The first-order valence-electron chi connectivity index (χ1n) is 7.74. The molecule has 0 saturated carbocycles. The van der Waals surface area contributed by atoms with Crippen molar-refractivity contribution >= 4 is 6.08 Å². The summed E-state index contributed by atoms with van der Waals surface area (Å²) in [6.45, 7) is 2.15. The van der Waals surface area contributed by atoms with Crippen LogP contribution >= 0.6 is 0 Å². The van der Waals surface area contributed by atoms with Gasteiger partial charge in [0, 0.05) is 4.91 Å². The number of rotatable bonds is 8. The lowest BCUT2D eigenvalue weighted by Crippen LogP contribution is -2.38. The second kappa shape index (κ2) is 8.89. The molecule has 0 bridgehead atoms. The van der Waals surface area contributed by atoms with Crippen LogP contribution in [-0.4, -0.2) is 23.4 Å². The molecular formula is C19H21N3O2. The Hall–Kier alpha value is -2.59. The summed E-state index contributed by atoms with van der Waals surface area (Å²) in [5.41, 5.74) is 9.73. The number of benzene rings is 2. The minimum atomic E-state index is -1.08.